The fourth-order valence-corrected chi connectivity index (χ4v) is 2.76. The monoisotopic (exact) mass is 504 g/mol. The second kappa shape index (κ2) is 14.5. The third-order valence-corrected chi connectivity index (χ3v) is 3.90. The fourth-order valence-electron chi connectivity index (χ4n) is 2.76. The van der Waals surface area contributed by atoms with Gasteiger partial charge in [-0.3, -0.25) is 4.79 Å². The van der Waals surface area contributed by atoms with Crippen LogP contribution in [0, 0.1) is 12.8 Å². The molecule has 1 aromatic rings. The molecule has 0 fully saturated rings. The average molecular weight is 504 g/mol. The van der Waals surface area contributed by atoms with E-state index in [9.17, 15) is 4.79 Å². The Morgan fingerprint density at radius 1 is 1.14 bits per heavy atom. The highest BCUT2D eigenvalue weighted by Gasteiger charge is 2.11. The van der Waals surface area contributed by atoms with Crippen molar-refractivity contribution in [2.45, 2.75) is 60.6 Å². The third-order valence-electron chi connectivity index (χ3n) is 3.90. The number of nitrogens with zero attached hydrogens (tertiary/aromatic N) is 1. The van der Waals surface area contributed by atoms with Gasteiger partial charge in [-0.2, -0.15) is 0 Å². The molecule has 28 heavy (non-hydrogen) atoms. The highest BCUT2D eigenvalue weighted by Crippen LogP contribution is 2.24. The zero-order valence-electron chi connectivity index (χ0n) is 18.1. The largest absolute Gasteiger partial charge is 0.490 e. The smallest absolute Gasteiger partial charge is 0.216 e. The molecule has 1 rings (SSSR count). The van der Waals surface area contributed by atoms with Gasteiger partial charge in [-0.25, -0.2) is 4.99 Å². The number of ether oxygens (including phenoxy) is 1. The van der Waals surface area contributed by atoms with Crippen molar-refractivity contribution in [2.24, 2.45) is 10.9 Å². The molecule has 0 aliphatic heterocycles. The summed E-state index contributed by atoms with van der Waals surface area (Å²) in [6.07, 6.45) is 1.18. The first-order chi connectivity index (χ1) is 12.8. The van der Waals surface area contributed by atoms with Crippen LogP contribution >= 0.6 is 24.0 Å². The molecule has 0 aromatic heterocycles. The van der Waals surface area contributed by atoms with Gasteiger partial charge in [0.25, 0.3) is 0 Å². The number of nitrogens with one attached hydrogen (secondary N) is 3. The minimum Gasteiger partial charge on any atom is -0.490 e. The number of aliphatic imine (C=N–C) groups is 1. The SMILES string of the molecule is CCNC(=NCc1ccc(C)cc1OC(C)CC(C)C)NCCNC(C)=O.I. The van der Waals surface area contributed by atoms with Gasteiger partial charge in [-0.1, -0.05) is 26.0 Å². The molecule has 1 unspecified atom stereocenters. The minimum atomic E-state index is -0.0318. The summed E-state index contributed by atoms with van der Waals surface area (Å²) in [5, 5.41) is 9.22. The molecule has 0 heterocycles. The van der Waals surface area contributed by atoms with E-state index in [0.29, 0.717) is 25.6 Å². The van der Waals surface area contributed by atoms with Crippen molar-refractivity contribution < 1.29 is 9.53 Å². The van der Waals surface area contributed by atoms with Crippen molar-refractivity contribution in [2.75, 3.05) is 19.6 Å². The highest BCUT2D eigenvalue weighted by molar-refractivity contribution is 14.0. The van der Waals surface area contributed by atoms with E-state index >= 15 is 0 Å². The number of carbonyl (C=O) groups excluding carboxylic acids is 1. The molecule has 0 aliphatic carbocycles. The molecular weight excluding hydrogens is 467 g/mol. The van der Waals surface area contributed by atoms with Crippen LogP contribution in [0.25, 0.3) is 0 Å². The van der Waals surface area contributed by atoms with Gasteiger partial charge < -0.3 is 20.7 Å². The number of guanidine groups is 1. The molecule has 0 saturated heterocycles. The maximum absolute atomic E-state index is 10.9. The number of amides is 1. The van der Waals surface area contributed by atoms with Gasteiger partial charge in [0.1, 0.15) is 5.75 Å². The lowest BCUT2D eigenvalue weighted by molar-refractivity contribution is -0.118. The fraction of sp³-hybridized carbons (Fsp3) is 0.619. The van der Waals surface area contributed by atoms with E-state index in [-0.39, 0.29) is 36.0 Å². The first kappa shape index (κ1) is 26.5. The molecule has 0 saturated carbocycles. The molecule has 1 atom stereocenters. The summed E-state index contributed by atoms with van der Waals surface area (Å²) in [5.41, 5.74) is 2.24. The van der Waals surface area contributed by atoms with Gasteiger partial charge in [0.05, 0.1) is 12.6 Å². The Bertz CT molecular complexity index is 620. The van der Waals surface area contributed by atoms with Crippen LogP contribution in [0.5, 0.6) is 5.75 Å². The zero-order chi connectivity index (χ0) is 20.2. The predicted octanol–water partition coefficient (Wildman–Crippen LogP) is 3.62. The number of benzene rings is 1. The Hall–Kier alpha value is -1.51. The highest BCUT2D eigenvalue weighted by atomic mass is 127. The van der Waals surface area contributed by atoms with Gasteiger partial charge in [-0.15, -0.1) is 24.0 Å². The molecule has 7 heteroatoms. The second-order valence-corrected chi connectivity index (χ2v) is 7.27. The topological polar surface area (TPSA) is 74.8 Å². The minimum absolute atomic E-state index is 0. The number of halogens is 1. The summed E-state index contributed by atoms with van der Waals surface area (Å²) >= 11 is 0. The summed E-state index contributed by atoms with van der Waals surface area (Å²) in [4.78, 5) is 15.6. The predicted molar refractivity (Wildman–Crippen MR) is 128 cm³/mol. The number of hydrogen-bond acceptors (Lipinski definition) is 3. The molecular formula is C21H37IN4O2. The molecule has 160 valence electrons. The van der Waals surface area contributed by atoms with Crippen molar-refractivity contribution in [3.8, 4) is 5.75 Å². The van der Waals surface area contributed by atoms with Crippen LogP contribution < -0.4 is 20.7 Å². The lowest BCUT2D eigenvalue weighted by atomic mass is 10.1. The Labute approximate surface area is 187 Å². The molecule has 6 nitrogen and oxygen atoms in total. The van der Waals surface area contributed by atoms with E-state index in [1.54, 1.807) is 0 Å². The standard InChI is InChI=1S/C21H36N4O2.HI/c1-7-22-21(24-11-10-23-18(6)26)25-14-19-9-8-16(4)13-20(19)27-17(5)12-15(2)3;/h8-9,13,15,17H,7,10-12,14H2,1-6H3,(H,23,26)(H2,22,24,25);1H. The first-order valence-corrected chi connectivity index (χ1v) is 9.84. The Morgan fingerprint density at radius 3 is 2.43 bits per heavy atom. The van der Waals surface area contributed by atoms with Crippen LogP contribution in [0.2, 0.25) is 0 Å². The second-order valence-electron chi connectivity index (χ2n) is 7.27. The van der Waals surface area contributed by atoms with Crippen molar-refractivity contribution in [3.63, 3.8) is 0 Å². The summed E-state index contributed by atoms with van der Waals surface area (Å²) in [6.45, 7) is 14.6. The van der Waals surface area contributed by atoms with Gasteiger partial charge in [0.15, 0.2) is 5.96 Å². The van der Waals surface area contributed by atoms with Crippen LogP contribution in [0.3, 0.4) is 0 Å². The maximum Gasteiger partial charge on any atom is 0.216 e. The molecule has 0 spiro atoms. The van der Waals surface area contributed by atoms with Crippen LogP contribution in [-0.2, 0) is 11.3 Å². The summed E-state index contributed by atoms with van der Waals surface area (Å²) in [7, 11) is 0. The lowest BCUT2D eigenvalue weighted by Gasteiger charge is -2.19. The Balaban J connectivity index is 0.00000729. The molecule has 0 radical (unpaired) electrons. The third kappa shape index (κ3) is 11.4. The lowest BCUT2D eigenvalue weighted by Crippen LogP contribution is -2.41. The van der Waals surface area contributed by atoms with Crippen LogP contribution in [-0.4, -0.2) is 37.6 Å². The molecule has 3 N–H and O–H groups in total. The van der Waals surface area contributed by atoms with Gasteiger partial charge in [0.2, 0.25) is 5.91 Å². The van der Waals surface area contributed by atoms with Gasteiger partial charge in [0, 0.05) is 32.1 Å². The van der Waals surface area contributed by atoms with Crippen LogP contribution in [0.15, 0.2) is 23.2 Å². The molecule has 0 aliphatic rings. The van der Waals surface area contributed by atoms with E-state index in [2.05, 4.69) is 66.8 Å². The first-order valence-electron chi connectivity index (χ1n) is 9.84. The van der Waals surface area contributed by atoms with Crippen molar-refractivity contribution in [3.05, 3.63) is 29.3 Å². The molecule has 0 bridgehead atoms. The summed E-state index contributed by atoms with van der Waals surface area (Å²) in [5.74, 6) is 2.20. The molecule has 1 amide bonds. The number of rotatable bonds is 10. The number of aryl methyl sites for hydroxylation is 1. The van der Waals surface area contributed by atoms with Crippen LogP contribution in [0.1, 0.15) is 52.2 Å². The summed E-state index contributed by atoms with van der Waals surface area (Å²) < 4.78 is 6.20. The van der Waals surface area contributed by atoms with Crippen molar-refractivity contribution >= 4 is 35.8 Å². The zero-order valence-corrected chi connectivity index (χ0v) is 20.4. The van der Waals surface area contributed by atoms with Crippen molar-refractivity contribution in [1.82, 2.24) is 16.0 Å². The molecule has 1 aromatic carbocycles. The number of carbonyl (C=O) groups is 1. The maximum atomic E-state index is 10.9. The van der Waals surface area contributed by atoms with E-state index in [1.807, 2.05) is 6.92 Å². The normalized spacial score (nSPS) is 12.2. The Morgan fingerprint density at radius 2 is 1.82 bits per heavy atom. The summed E-state index contributed by atoms with van der Waals surface area (Å²) in [6, 6.07) is 6.25. The van der Waals surface area contributed by atoms with E-state index in [0.717, 1.165) is 30.2 Å². The van der Waals surface area contributed by atoms with Crippen LogP contribution in [0.4, 0.5) is 0 Å². The number of hydrogen-bond donors (Lipinski definition) is 3. The quantitative estimate of drug-likeness (QED) is 0.197. The van der Waals surface area contributed by atoms with Gasteiger partial charge >= 0.3 is 0 Å². The van der Waals surface area contributed by atoms with E-state index < -0.39 is 0 Å². The van der Waals surface area contributed by atoms with Crippen molar-refractivity contribution in [1.29, 1.82) is 0 Å². The average Bonchev–Trinajstić information content (AvgIpc) is 2.56. The van der Waals surface area contributed by atoms with E-state index in [1.165, 1.54) is 12.5 Å². The van der Waals surface area contributed by atoms with E-state index in [4.69, 9.17) is 4.74 Å². The Kier molecular flexibility index (Phi) is 13.7. The van der Waals surface area contributed by atoms with Gasteiger partial charge in [-0.05, 0) is 44.7 Å².